The maximum Gasteiger partial charge on any atom is 0.201 e. The van der Waals surface area contributed by atoms with E-state index in [-0.39, 0.29) is 35.8 Å². The monoisotopic (exact) mass is 426 g/mol. The molecule has 1 aliphatic rings. The summed E-state index contributed by atoms with van der Waals surface area (Å²) >= 11 is 0. The Morgan fingerprint density at radius 3 is 2.23 bits per heavy atom. The number of benzene rings is 3. The van der Waals surface area contributed by atoms with Crippen molar-refractivity contribution in [1.29, 1.82) is 0 Å². The quantitative estimate of drug-likeness (QED) is 0.432. The van der Waals surface area contributed by atoms with Gasteiger partial charge in [0.2, 0.25) is 5.82 Å². The third kappa shape index (κ3) is 4.47. The lowest BCUT2D eigenvalue weighted by molar-refractivity contribution is 0.0148. The Hall–Kier alpha value is -2.79. The van der Waals surface area contributed by atoms with Crippen molar-refractivity contribution in [3.8, 4) is 28.0 Å². The molecule has 5 heteroatoms. The van der Waals surface area contributed by atoms with Crippen molar-refractivity contribution in [3.63, 3.8) is 0 Å². The molecule has 31 heavy (non-hydrogen) atoms. The van der Waals surface area contributed by atoms with Crippen molar-refractivity contribution in [3.05, 3.63) is 77.6 Å². The van der Waals surface area contributed by atoms with E-state index in [0.29, 0.717) is 17.7 Å². The van der Waals surface area contributed by atoms with Crippen LogP contribution in [0.25, 0.3) is 22.3 Å². The van der Waals surface area contributed by atoms with E-state index in [1.54, 1.807) is 31.2 Å². The number of hydrogen-bond acceptors (Lipinski definition) is 2. The summed E-state index contributed by atoms with van der Waals surface area (Å²) in [6.07, 6.45) is 2.07. The molecule has 1 fully saturated rings. The summed E-state index contributed by atoms with van der Waals surface area (Å²) in [4.78, 5) is 0. The zero-order chi connectivity index (χ0) is 22.0. The zero-order valence-corrected chi connectivity index (χ0v) is 17.6. The average molecular weight is 426 g/mol. The predicted octanol–water partition coefficient (Wildman–Crippen LogP) is 7.12. The van der Waals surface area contributed by atoms with Crippen LogP contribution < -0.4 is 4.74 Å². The van der Waals surface area contributed by atoms with E-state index >= 15 is 0 Å². The highest BCUT2D eigenvalue weighted by atomic mass is 19.2. The van der Waals surface area contributed by atoms with Gasteiger partial charge in [-0.1, -0.05) is 36.4 Å². The van der Waals surface area contributed by atoms with Gasteiger partial charge in [-0.05, 0) is 67.1 Å². The van der Waals surface area contributed by atoms with Crippen molar-refractivity contribution < 1.29 is 22.6 Å². The molecular formula is C26H25F3O2. The summed E-state index contributed by atoms with van der Waals surface area (Å²) in [7, 11) is 0. The minimum Gasteiger partial charge on any atom is -0.491 e. The van der Waals surface area contributed by atoms with Crippen LogP contribution in [-0.4, -0.2) is 19.3 Å². The lowest BCUT2D eigenvalue weighted by Crippen LogP contribution is -2.22. The molecule has 1 saturated heterocycles. The summed E-state index contributed by atoms with van der Waals surface area (Å²) in [6.45, 7) is 4.54. The SMILES string of the molecule is CCOc1ccc(-c2ccc(-c3ccc(C4CCC(C)OC4)c(F)c3)cc2)c(F)c1F. The Morgan fingerprint density at radius 2 is 1.58 bits per heavy atom. The molecule has 0 aliphatic carbocycles. The summed E-state index contributed by atoms with van der Waals surface area (Å²) in [6, 6.07) is 15.1. The fraction of sp³-hybridized carbons (Fsp3) is 0.308. The van der Waals surface area contributed by atoms with Crippen molar-refractivity contribution in [2.75, 3.05) is 13.2 Å². The molecule has 0 amide bonds. The Bertz CT molecular complexity index is 1050. The maximum atomic E-state index is 14.8. The van der Waals surface area contributed by atoms with Crippen molar-refractivity contribution in [2.24, 2.45) is 0 Å². The third-order valence-electron chi connectivity index (χ3n) is 5.82. The molecule has 0 bridgehead atoms. The van der Waals surface area contributed by atoms with Gasteiger partial charge in [-0.25, -0.2) is 8.78 Å². The minimum absolute atomic E-state index is 0.0742. The first-order chi connectivity index (χ1) is 15.0. The molecule has 0 saturated carbocycles. The summed E-state index contributed by atoms with van der Waals surface area (Å²) in [5.74, 6) is -2.22. The summed E-state index contributed by atoms with van der Waals surface area (Å²) < 4.78 is 54.2. The summed E-state index contributed by atoms with van der Waals surface area (Å²) in [5.41, 5.74) is 2.90. The predicted molar refractivity (Wildman–Crippen MR) is 116 cm³/mol. The molecule has 3 aromatic rings. The molecule has 0 radical (unpaired) electrons. The van der Waals surface area contributed by atoms with Crippen LogP contribution in [0.15, 0.2) is 54.6 Å². The average Bonchev–Trinajstić information content (AvgIpc) is 2.78. The standard InChI is InChI=1S/C26H25F3O2/c1-3-30-24-13-12-22(25(28)26(24)29)18-8-6-17(7-9-18)19-10-11-21(23(27)14-19)20-5-4-16(2)31-15-20/h6-14,16,20H,3-5,15H2,1-2H3. The molecule has 2 unspecified atom stereocenters. The fourth-order valence-electron chi connectivity index (χ4n) is 4.03. The number of hydrogen-bond donors (Lipinski definition) is 0. The van der Waals surface area contributed by atoms with Gasteiger partial charge < -0.3 is 9.47 Å². The first-order valence-electron chi connectivity index (χ1n) is 10.6. The van der Waals surface area contributed by atoms with Gasteiger partial charge in [0.25, 0.3) is 0 Å². The van der Waals surface area contributed by atoms with Crippen LogP contribution in [-0.2, 0) is 4.74 Å². The number of rotatable bonds is 5. The minimum atomic E-state index is -0.998. The summed E-state index contributed by atoms with van der Waals surface area (Å²) in [5, 5.41) is 0. The first kappa shape index (κ1) is 21.4. The van der Waals surface area contributed by atoms with E-state index in [2.05, 4.69) is 0 Å². The van der Waals surface area contributed by atoms with E-state index < -0.39 is 11.6 Å². The van der Waals surface area contributed by atoms with Gasteiger partial charge in [0, 0.05) is 11.5 Å². The van der Waals surface area contributed by atoms with Crippen LogP contribution in [0.4, 0.5) is 13.2 Å². The van der Waals surface area contributed by atoms with Crippen molar-refractivity contribution in [2.45, 2.75) is 38.7 Å². The molecule has 3 aromatic carbocycles. The highest BCUT2D eigenvalue weighted by Gasteiger charge is 2.23. The van der Waals surface area contributed by atoms with Crippen LogP contribution in [0.2, 0.25) is 0 Å². The van der Waals surface area contributed by atoms with Gasteiger partial charge in [0.05, 0.1) is 19.3 Å². The fourth-order valence-corrected chi connectivity index (χ4v) is 4.03. The van der Waals surface area contributed by atoms with Gasteiger partial charge in [-0.15, -0.1) is 0 Å². The number of halogens is 3. The second-order valence-corrected chi connectivity index (χ2v) is 7.90. The van der Waals surface area contributed by atoms with Gasteiger partial charge in [-0.2, -0.15) is 4.39 Å². The molecule has 0 spiro atoms. The Kier molecular flexibility index (Phi) is 6.33. The molecule has 2 nitrogen and oxygen atoms in total. The Morgan fingerprint density at radius 1 is 0.871 bits per heavy atom. The van der Waals surface area contributed by atoms with Gasteiger partial charge >= 0.3 is 0 Å². The van der Waals surface area contributed by atoms with Crippen LogP contribution in [0.5, 0.6) is 5.75 Å². The molecule has 4 rings (SSSR count). The molecule has 162 valence electrons. The zero-order valence-electron chi connectivity index (χ0n) is 17.6. The van der Waals surface area contributed by atoms with Gasteiger partial charge in [0.15, 0.2) is 11.6 Å². The van der Waals surface area contributed by atoms with Crippen LogP contribution in [0.1, 0.15) is 38.2 Å². The van der Waals surface area contributed by atoms with E-state index in [4.69, 9.17) is 9.47 Å². The van der Waals surface area contributed by atoms with E-state index in [9.17, 15) is 13.2 Å². The molecule has 2 atom stereocenters. The van der Waals surface area contributed by atoms with Crippen LogP contribution >= 0.6 is 0 Å². The number of ether oxygens (including phenoxy) is 2. The van der Waals surface area contributed by atoms with Gasteiger partial charge in [-0.3, -0.25) is 0 Å². The van der Waals surface area contributed by atoms with E-state index in [1.807, 2.05) is 19.1 Å². The molecular weight excluding hydrogens is 401 g/mol. The lowest BCUT2D eigenvalue weighted by Gasteiger charge is -2.27. The molecule has 0 aromatic heterocycles. The highest BCUT2D eigenvalue weighted by Crippen LogP contribution is 2.34. The maximum absolute atomic E-state index is 14.8. The highest BCUT2D eigenvalue weighted by molar-refractivity contribution is 5.71. The lowest BCUT2D eigenvalue weighted by atomic mass is 9.90. The Balaban J connectivity index is 1.56. The van der Waals surface area contributed by atoms with E-state index in [0.717, 1.165) is 24.0 Å². The largest absolute Gasteiger partial charge is 0.491 e. The van der Waals surface area contributed by atoms with Gasteiger partial charge in [0.1, 0.15) is 5.82 Å². The molecule has 1 aliphatic heterocycles. The molecule has 1 heterocycles. The Labute approximate surface area is 180 Å². The van der Waals surface area contributed by atoms with Crippen molar-refractivity contribution >= 4 is 0 Å². The topological polar surface area (TPSA) is 18.5 Å². The smallest absolute Gasteiger partial charge is 0.201 e. The second-order valence-electron chi connectivity index (χ2n) is 7.90. The normalized spacial score (nSPS) is 18.7. The van der Waals surface area contributed by atoms with Crippen LogP contribution in [0.3, 0.4) is 0 Å². The van der Waals surface area contributed by atoms with E-state index in [1.165, 1.54) is 18.2 Å². The third-order valence-corrected chi connectivity index (χ3v) is 5.82. The first-order valence-corrected chi connectivity index (χ1v) is 10.6. The molecule has 0 N–H and O–H groups in total. The second kappa shape index (κ2) is 9.15. The van der Waals surface area contributed by atoms with Crippen LogP contribution in [0, 0.1) is 17.5 Å². The van der Waals surface area contributed by atoms with Crippen molar-refractivity contribution in [1.82, 2.24) is 0 Å².